The van der Waals surface area contributed by atoms with E-state index in [1.807, 2.05) is 24.3 Å². The highest BCUT2D eigenvalue weighted by Gasteiger charge is 2.34. The summed E-state index contributed by atoms with van der Waals surface area (Å²) in [5, 5.41) is 10.9. The SMILES string of the molecule is Cc1cc(OCc2cccc(CN3C(=O)c4ccccc4C3=O)c2)ccc1[N+](=O)[O-]. The van der Waals surface area contributed by atoms with Gasteiger partial charge in [0.15, 0.2) is 0 Å². The van der Waals surface area contributed by atoms with Crippen LogP contribution in [0.4, 0.5) is 5.69 Å². The number of ether oxygens (including phenoxy) is 1. The number of hydrogen-bond acceptors (Lipinski definition) is 5. The Bertz CT molecular complexity index is 1140. The quantitative estimate of drug-likeness (QED) is 0.349. The molecule has 0 saturated carbocycles. The molecule has 1 aliphatic heterocycles. The largest absolute Gasteiger partial charge is 0.489 e. The molecule has 4 rings (SSSR count). The lowest BCUT2D eigenvalue weighted by Gasteiger charge is -2.15. The van der Waals surface area contributed by atoms with Gasteiger partial charge in [-0.15, -0.1) is 0 Å². The van der Waals surface area contributed by atoms with Crippen molar-refractivity contribution in [1.29, 1.82) is 0 Å². The lowest BCUT2D eigenvalue weighted by molar-refractivity contribution is -0.385. The van der Waals surface area contributed by atoms with E-state index in [-0.39, 0.29) is 30.7 Å². The molecule has 3 aromatic carbocycles. The van der Waals surface area contributed by atoms with Crippen LogP contribution in [0.5, 0.6) is 5.75 Å². The van der Waals surface area contributed by atoms with Crippen LogP contribution in [0.25, 0.3) is 0 Å². The molecule has 1 heterocycles. The van der Waals surface area contributed by atoms with E-state index in [0.717, 1.165) is 11.1 Å². The van der Waals surface area contributed by atoms with Crippen LogP contribution in [-0.2, 0) is 13.2 Å². The molecule has 0 saturated heterocycles. The molecule has 0 bridgehead atoms. The highest BCUT2D eigenvalue weighted by molar-refractivity contribution is 6.21. The Morgan fingerprint density at radius 3 is 2.20 bits per heavy atom. The van der Waals surface area contributed by atoms with Crippen molar-refractivity contribution in [3.8, 4) is 5.75 Å². The van der Waals surface area contributed by atoms with Crippen molar-refractivity contribution in [2.24, 2.45) is 0 Å². The number of aryl methyl sites for hydroxylation is 1. The van der Waals surface area contributed by atoms with Crippen LogP contribution in [0.3, 0.4) is 0 Å². The first-order valence-corrected chi connectivity index (χ1v) is 9.35. The number of imide groups is 1. The van der Waals surface area contributed by atoms with Crippen molar-refractivity contribution < 1.29 is 19.2 Å². The minimum Gasteiger partial charge on any atom is -0.489 e. The van der Waals surface area contributed by atoms with Gasteiger partial charge in [-0.1, -0.05) is 36.4 Å². The molecule has 0 N–H and O–H groups in total. The normalized spacial score (nSPS) is 12.8. The molecule has 3 aromatic rings. The summed E-state index contributed by atoms with van der Waals surface area (Å²) in [6.07, 6.45) is 0. The molecule has 0 aromatic heterocycles. The number of carbonyl (C=O) groups excluding carboxylic acids is 2. The van der Waals surface area contributed by atoms with Crippen LogP contribution in [-0.4, -0.2) is 21.6 Å². The highest BCUT2D eigenvalue weighted by Crippen LogP contribution is 2.26. The summed E-state index contributed by atoms with van der Waals surface area (Å²) in [6, 6.07) is 18.9. The van der Waals surface area contributed by atoms with Gasteiger partial charge in [-0.25, -0.2) is 0 Å². The van der Waals surface area contributed by atoms with Gasteiger partial charge in [-0.2, -0.15) is 0 Å². The zero-order valence-corrected chi connectivity index (χ0v) is 16.2. The van der Waals surface area contributed by atoms with E-state index in [1.54, 1.807) is 43.3 Å². The number of rotatable bonds is 6. The fourth-order valence-corrected chi connectivity index (χ4v) is 3.47. The molecular weight excluding hydrogens is 384 g/mol. The van der Waals surface area contributed by atoms with Gasteiger partial charge in [0, 0.05) is 11.6 Å². The molecule has 2 amide bonds. The number of nitro benzene ring substituents is 1. The Balaban J connectivity index is 1.45. The Hall–Kier alpha value is -4.00. The minimum atomic E-state index is -0.429. The lowest BCUT2D eigenvalue weighted by atomic mass is 10.1. The third-order valence-corrected chi connectivity index (χ3v) is 4.98. The topological polar surface area (TPSA) is 89.8 Å². The lowest BCUT2D eigenvalue weighted by Crippen LogP contribution is -2.29. The zero-order chi connectivity index (χ0) is 21.3. The maximum absolute atomic E-state index is 12.5. The molecule has 30 heavy (non-hydrogen) atoms. The number of nitrogens with zero attached hydrogens (tertiary/aromatic N) is 2. The van der Waals surface area contributed by atoms with Crippen molar-refractivity contribution in [2.45, 2.75) is 20.1 Å². The summed E-state index contributed by atoms with van der Waals surface area (Å²) in [4.78, 5) is 36.8. The monoisotopic (exact) mass is 402 g/mol. The molecule has 0 fully saturated rings. The van der Waals surface area contributed by atoms with Crippen molar-refractivity contribution in [2.75, 3.05) is 0 Å². The van der Waals surface area contributed by atoms with Crippen LogP contribution in [0.1, 0.15) is 37.4 Å². The average Bonchev–Trinajstić information content (AvgIpc) is 2.97. The molecule has 0 atom stereocenters. The predicted molar refractivity (Wildman–Crippen MR) is 109 cm³/mol. The Morgan fingerprint density at radius 2 is 1.57 bits per heavy atom. The average molecular weight is 402 g/mol. The van der Waals surface area contributed by atoms with Gasteiger partial charge < -0.3 is 4.74 Å². The van der Waals surface area contributed by atoms with E-state index in [9.17, 15) is 19.7 Å². The van der Waals surface area contributed by atoms with Crippen LogP contribution < -0.4 is 4.74 Å². The van der Waals surface area contributed by atoms with Gasteiger partial charge in [-0.05, 0) is 42.3 Å². The Morgan fingerprint density at radius 1 is 0.900 bits per heavy atom. The summed E-state index contributed by atoms with van der Waals surface area (Å²) in [5.41, 5.74) is 3.10. The summed E-state index contributed by atoms with van der Waals surface area (Å²) < 4.78 is 5.76. The van der Waals surface area contributed by atoms with Crippen molar-refractivity contribution in [1.82, 2.24) is 4.90 Å². The van der Waals surface area contributed by atoms with Gasteiger partial charge in [0.25, 0.3) is 17.5 Å². The maximum atomic E-state index is 12.5. The molecule has 0 unspecified atom stereocenters. The van der Waals surface area contributed by atoms with Crippen molar-refractivity contribution in [3.63, 3.8) is 0 Å². The van der Waals surface area contributed by atoms with Crippen molar-refractivity contribution >= 4 is 17.5 Å². The van der Waals surface area contributed by atoms with Crippen LogP contribution >= 0.6 is 0 Å². The Kier molecular flexibility index (Phi) is 5.02. The molecular formula is C23H18N2O5. The van der Waals surface area contributed by atoms with E-state index in [1.165, 1.54) is 11.0 Å². The maximum Gasteiger partial charge on any atom is 0.272 e. The zero-order valence-electron chi connectivity index (χ0n) is 16.2. The van der Waals surface area contributed by atoms with E-state index >= 15 is 0 Å². The molecule has 150 valence electrons. The second-order valence-corrected chi connectivity index (χ2v) is 7.06. The van der Waals surface area contributed by atoms with E-state index in [2.05, 4.69) is 0 Å². The van der Waals surface area contributed by atoms with Gasteiger partial charge in [0.2, 0.25) is 0 Å². The number of nitro groups is 1. The Labute approximate surface area is 172 Å². The molecule has 7 heteroatoms. The molecule has 0 spiro atoms. The summed E-state index contributed by atoms with van der Waals surface area (Å²) in [5.74, 6) is -0.0546. The van der Waals surface area contributed by atoms with E-state index < -0.39 is 4.92 Å². The van der Waals surface area contributed by atoms with Gasteiger partial charge in [-0.3, -0.25) is 24.6 Å². The van der Waals surface area contributed by atoms with Gasteiger partial charge in [0.05, 0.1) is 22.6 Å². The van der Waals surface area contributed by atoms with Crippen molar-refractivity contribution in [3.05, 3.63) is 105 Å². The second kappa shape index (κ2) is 7.79. The summed E-state index contributed by atoms with van der Waals surface area (Å²) >= 11 is 0. The smallest absolute Gasteiger partial charge is 0.272 e. The van der Waals surface area contributed by atoms with Crippen LogP contribution in [0.2, 0.25) is 0 Å². The van der Waals surface area contributed by atoms with E-state index in [4.69, 9.17) is 4.74 Å². The second-order valence-electron chi connectivity index (χ2n) is 7.06. The fraction of sp³-hybridized carbons (Fsp3) is 0.130. The molecule has 0 radical (unpaired) electrons. The number of amides is 2. The first-order chi connectivity index (χ1) is 14.4. The predicted octanol–water partition coefficient (Wildman–Crippen LogP) is 4.28. The first kappa shape index (κ1) is 19.3. The van der Waals surface area contributed by atoms with Crippen LogP contribution in [0, 0.1) is 17.0 Å². The fourth-order valence-electron chi connectivity index (χ4n) is 3.47. The standard InChI is InChI=1S/C23H18N2O5/c1-15-11-18(9-10-21(15)25(28)29)30-14-17-6-4-5-16(12-17)13-24-22(26)19-7-2-3-8-20(19)23(24)27/h2-12H,13-14H2,1H3. The third kappa shape index (κ3) is 3.65. The first-order valence-electron chi connectivity index (χ1n) is 9.35. The summed E-state index contributed by atoms with van der Waals surface area (Å²) in [7, 11) is 0. The van der Waals surface area contributed by atoms with E-state index in [0.29, 0.717) is 22.4 Å². The summed E-state index contributed by atoms with van der Waals surface area (Å²) in [6.45, 7) is 2.09. The third-order valence-electron chi connectivity index (χ3n) is 4.98. The van der Waals surface area contributed by atoms with Gasteiger partial charge in [0.1, 0.15) is 12.4 Å². The minimum absolute atomic E-state index is 0.0466. The molecule has 1 aliphatic rings. The number of fused-ring (bicyclic) bond motifs is 1. The number of hydrogen-bond donors (Lipinski definition) is 0. The number of benzene rings is 3. The van der Waals surface area contributed by atoms with Crippen LogP contribution in [0.15, 0.2) is 66.7 Å². The van der Waals surface area contributed by atoms with Gasteiger partial charge >= 0.3 is 0 Å². The molecule has 7 nitrogen and oxygen atoms in total. The highest BCUT2D eigenvalue weighted by atomic mass is 16.6. The number of carbonyl (C=O) groups is 2. The molecule has 0 aliphatic carbocycles.